The number of hydrogen-bond donors (Lipinski definition) is 1. The van der Waals surface area contributed by atoms with E-state index < -0.39 is 18.3 Å². The molecule has 1 aliphatic heterocycles. The Balaban J connectivity index is 1.96. The third kappa shape index (κ3) is 4.83. The average molecular weight is 335 g/mol. The number of rotatable bonds is 7. The van der Waals surface area contributed by atoms with Crippen molar-refractivity contribution in [2.75, 3.05) is 25.5 Å². The quantitative estimate of drug-likeness (QED) is 0.600. The molecule has 1 aromatic carbocycles. The predicted molar refractivity (Wildman–Crippen MR) is 86.5 cm³/mol. The minimum atomic E-state index is -1.13. The van der Waals surface area contributed by atoms with Gasteiger partial charge in [-0.2, -0.15) is 0 Å². The Morgan fingerprint density at radius 2 is 2.04 bits per heavy atom. The van der Waals surface area contributed by atoms with Crippen molar-refractivity contribution < 1.29 is 24.2 Å². The molecule has 0 bridgehead atoms. The number of para-hydroxylation sites is 2. The molecule has 1 heterocycles. The van der Waals surface area contributed by atoms with Gasteiger partial charge in [-0.1, -0.05) is 18.1 Å². The molecule has 2 rings (SSSR count). The van der Waals surface area contributed by atoms with Crippen molar-refractivity contribution in [1.82, 2.24) is 4.90 Å². The SMILES string of the molecule is C#CCOc1ccccc1OCC1SCCN1C(=O)CC(=O)O. The molecule has 1 amide bonds. The Morgan fingerprint density at radius 1 is 1.35 bits per heavy atom. The Morgan fingerprint density at radius 3 is 2.70 bits per heavy atom. The number of nitrogens with zero attached hydrogens (tertiary/aromatic N) is 1. The summed E-state index contributed by atoms with van der Waals surface area (Å²) in [4.78, 5) is 24.1. The topological polar surface area (TPSA) is 76.1 Å². The van der Waals surface area contributed by atoms with E-state index in [0.29, 0.717) is 18.0 Å². The van der Waals surface area contributed by atoms with Crippen LogP contribution in [-0.4, -0.2) is 52.8 Å². The first-order valence-corrected chi connectivity index (χ1v) is 8.07. The van der Waals surface area contributed by atoms with Crippen LogP contribution in [0.3, 0.4) is 0 Å². The van der Waals surface area contributed by atoms with Crippen LogP contribution in [0.25, 0.3) is 0 Å². The molecule has 122 valence electrons. The highest BCUT2D eigenvalue weighted by molar-refractivity contribution is 8.00. The highest BCUT2D eigenvalue weighted by Crippen LogP contribution is 2.29. The largest absolute Gasteiger partial charge is 0.487 e. The molecule has 23 heavy (non-hydrogen) atoms. The first-order chi connectivity index (χ1) is 11.1. The van der Waals surface area contributed by atoms with E-state index in [2.05, 4.69) is 5.92 Å². The van der Waals surface area contributed by atoms with Crippen LogP contribution < -0.4 is 9.47 Å². The van der Waals surface area contributed by atoms with E-state index in [-0.39, 0.29) is 18.6 Å². The molecule has 0 saturated carbocycles. The summed E-state index contributed by atoms with van der Waals surface area (Å²) in [5.41, 5.74) is 0. The first kappa shape index (κ1) is 17.0. The Bertz CT molecular complexity index is 613. The van der Waals surface area contributed by atoms with Gasteiger partial charge in [0.25, 0.3) is 0 Å². The van der Waals surface area contributed by atoms with Crippen molar-refractivity contribution in [3.63, 3.8) is 0 Å². The van der Waals surface area contributed by atoms with Crippen LogP contribution in [0.5, 0.6) is 11.5 Å². The second kappa shape index (κ2) is 8.34. The second-order valence-corrected chi connectivity index (χ2v) is 6.02. The molecular weight excluding hydrogens is 318 g/mol. The number of carbonyl (C=O) groups excluding carboxylic acids is 1. The molecule has 1 aromatic rings. The summed E-state index contributed by atoms with van der Waals surface area (Å²) in [7, 11) is 0. The van der Waals surface area contributed by atoms with Crippen molar-refractivity contribution in [3.8, 4) is 23.8 Å². The van der Waals surface area contributed by atoms with E-state index in [0.717, 1.165) is 5.75 Å². The molecule has 1 saturated heterocycles. The van der Waals surface area contributed by atoms with E-state index >= 15 is 0 Å². The summed E-state index contributed by atoms with van der Waals surface area (Å²) in [5, 5.41) is 8.53. The van der Waals surface area contributed by atoms with Gasteiger partial charge in [0.2, 0.25) is 5.91 Å². The molecule has 0 spiro atoms. The third-order valence-electron chi connectivity index (χ3n) is 3.15. The number of carbonyl (C=O) groups is 2. The van der Waals surface area contributed by atoms with E-state index in [1.807, 2.05) is 12.1 Å². The van der Waals surface area contributed by atoms with Gasteiger partial charge in [-0.25, -0.2) is 0 Å². The zero-order valence-corrected chi connectivity index (χ0v) is 13.3. The van der Waals surface area contributed by atoms with Gasteiger partial charge in [-0.3, -0.25) is 9.59 Å². The Hall–Kier alpha value is -2.33. The van der Waals surface area contributed by atoms with Crippen LogP contribution in [0.2, 0.25) is 0 Å². The fourth-order valence-corrected chi connectivity index (χ4v) is 3.29. The van der Waals surface area contributed by atoms with E-state index in [1.165, 1.54) is 0 Å². The maximum absolute atomic E-state index is 11.9. The molecule has 0 radical (unpaired) electrons. The van der Waals surface area contributed by atoms with Crippen molar-refractivity contribution in [1.29, 1.82) is 0 Å². The lowest BCUT2D eigenvalue weighted by atomic mass is 10.3. The lowest BCUT2D eigenvalue weighted by Crippen LogP contribution is -2.39. The fraction of sp³-hybridized carbons (Fsp3) is 0.375. The first-order valence-electron chi connectivity index (χ1n) is 7.02. The number of hydrogen-bond acceptors (Lipinski definition) is 5. The highest BCUT2D eigenvalue weighted by Gasteiger charge is 2.31. The highest BCUT2D eigenvalue weighted by atomic mass is 32.2. The maximum Gasteiger partial charge on any atom is 0.312 e. The van der Waals surface area contributed by atoms with Crippen LogP contribution in [0.4, 0.5) is 0 Å². The molecule has 1 unspecified atom stereocenters. The normalized spacial score (nSPS) is 16.7. The van der Waals surface area contributed by atoms with Crippen LogP contribution >= 0.6 is 11.8 Å². The van der Waals surface area contributed by atoms with Crippen molar-refractivity contribution in [2.45, 2.75) is 11.8 Å². The second-order valence-electron chi connectivity index (χ2n) is 4.73. The molecule has 6 nitrogen and oxygen atoms in total. The zero-order valence-electron chi connectivity index (χ0n) is 12.4. The van der Waals surface area contributed by atoms with Gasteiger partial charge < -0.3 is 19.5 Å². The monoisotopic (exact) mass is 335 g/mol. The lowest BCUT2D eigenvalue weighted by Gasteiger charge is -2.23. The minimum absolute atomic E-state index is 0.141. The number of benzene rings is 1. The van der Waals surface area contributed by atoms with Crippen molar-refractivity contribution in [3.05, 3.63) is 24.3 Å². The summed E-state index contributed by atoms with van der Waals surface area (Å²) in [5.74, 6) is 2.71. The van der Waals surface area contributed by atoms with Crippen LogP contribution in [-0.2, 0) is 9.59 Å². The number of thioether (sulfide) groups is 1. The summed E-state index contributed by atoms with van der Waals surface area (Å²) >= 11 is 1.56. The number of terminal acetylenes is 1. The molecule has 1 aliphatic rings. The minimum Gasteiger partial charge on any atom is -0.487 e. The number of ether oxygens (including phenoxy) is 2. The predicted octanol–water partition coefficient (Wildman–Crippen LogP) is 1.45. The van der Waals surface area contributed by atoms with Crippen LogP contribution in [0.1, 0.15) is 6.42 Å². The number of amides is 1. The van der Waals surface area contributed by atoms with Crippen LogP contribution in [0, 0.1) is 12.3 Å². The van der Waals surface area contributed by atoms with Gasteiger partial charge in [0.05, 0.1) is 0 Å². The molecule has 1 fully saturated rings. The van der Waals surface area contributed by atoms with Crippen LogP contribution in [0.15, 0.2) is 24.3 Å². The molecule has 0 aliphatic carbocycles. The molecular formula is C16H17NO5S. The van der Waals surface area contributed by atoms with Gasteiger partial charge in [-0.15, -0.1) is 18.2 Å². The molecule has 0 aromatic heterocycles. The fourth-order valence-electron chi connectivity index (χ4n) is 2.14. The maximum atomic E-state index is 11.9. The summed E-state index contributed by atoms with van der Waals surface area (Å²) in [6.45, 7) is 0.925. The lowest BCUT2D eigenvalue weighted by molar-refractivity contribution is -0.144. The Kier molecular flexibility index (Phi) is 6.18. The van der Waals surface area contributed by atoms with Crippen molar-refractivity contribution >= 4 is 23.6 Å². The van der Waals surface area contributed by atoms with E-state index in [1.54, 1.807) is 28.8 Å². The average Bonchev–Trinajstić information content (AvgIpc) is 2.99. The smallest absolute Gasteiger partial charge is 0.312 e. The van der Waals surface area contributed by atoms with E-state index in [9.17, 15) is 9.59 Å². The van der Waals surface area contributed by atoms with Gasteiger partial charge in [-0.05, 0) is 12.1 Å². The van der Waals surface area contributed by atoms with Gasteiger partial charge >= 0.3 is 5.97 Å². The van der Waals surface area contributed by atoms with Gasteiger partial charge in [0, 0.05) is 12.3 Å². The zero-order chi connectivity index (χ0) is 16.7. The van der Waals surface area contributed by atoms with Gasteiger partial charge in [0.1, 0.15) is 25.0 Å². The van der Waals surface area contributed by atoms with Gasteiger partial charge in [0.15, 0.2) is 11.5 Å². The number of aliphatic carboxylic acids is 1. The number of carboxylic acid groups (broad SMARTS) is 1. The number of carboxylic acids is 1. The third-order valence-corrected chi connectivity index (χ3v) is 4.35. The summed E-state index contributed by atoms with van der Waals surface area (Å²) in [6.07, 6.45) is 4.68. The molecule has 7 heteroatoms. The van der Waals surface area contributed by atoms with E-state index in [4.69, 9.17) is 21.0 Å². The standard InChI is InChI=1S/C16H17NO5S/c1-2-8-21-12-5-3-4-6-13(12)22-11-15-17(7-9-23-15)14(18)10-16(19)20/h1,3-6,15H,7-11H2,(H,19,20). The summed E-state index contributed by atoms with van der Waals surface area (Å²) < 4.78 is 11.2. The summed E-state index contributed by atoms with van der Waals surface area (Å²) in [6, 6.07) is 7.13. The van der Waals surface area contributed by atoms with Crippen molar-refractivity contribution in [2.24, 2.45) is 0 Å². The Labute approximate surface area is 138 Å². The molecule has 1 N–H and O–H groups in total. The molecule has 1 atom stereocenters.